The number of hydrogen-bond acceptors (Lipinski definition) is 4. The number of carbonyl (C=O) groups is 1. The Kier molecular flexibility index (Phi) is 11.6. The van der Waals surface area contributed by atoms with Gasteiger partial charge in [-0.15, -0.1) is 24.0 Å². The van der Waals surface area contributed by atoms with E-state index in [0.29, 0.717) is 13.2 Å². The molecule has 1 N–H and O–H groups in total. The van der Waals surface area contributed by atoms with E-state index in [1.54, 1.807) is 0 Å². The highest BCUT2D eigenvalue weighted by atomic mass is 127. The Hall–Kier alpha value is -1.39. The highest BCUT2D eigenvalue weighted by molar-refractivity contribution is 14.0. The fraction of sp³-hybridized carbons (Fsp3) is 0.652. The smallest absolute Gasteiger partial charge is 0.251 e. The third-order valence-corrected chi connectivity index (χ3v) is 5.63. The predicted molar refractivity (Wildman–Crippen MR) is 134 cm³/mol. The van der Waals surface area contributed by atoms with Crippen molar-refractivity contribution in [1.82, 2.24) is 15.1 Å². The van der Waals surface area contributed by atoms with Crippen molar-refractivity contribution in [2.45, 2.75) is 45.3 Å². The second-order valence-corrected chi connectivity index (χ2v) is 7.83. The summed E-state index contributed by atoms with van der Waals surface area (Å²) in [5.74, 6) is 1.08. The molecule has 2 atom stereocenters. The Morgan fingerprint density at radius 3 is 2.58 bits per heavy atom. The van der Waals surface area contributed by atoms with Crippen LogP contribution in [-0.2, 0) is 14.3 Å². The average molecular weight is 544 g/mol. The van der Waals surface area contributed by atoms with Gasteiger partial charge in [-0.3, -0.25) is 9.79 Å². The monoisotopic (exact) mass is 544 g/mol. The summed E-state index contributed by atoms with van der Waals surface area (Å²) < 4.78 is 11.5. The lowest BCUT2D eigenvalue weighted by molar-refractivity contribution is -0.142. The number of benzene rings is 1. The van der Waals surface area contributed by atoms with Gasteiger partial charge in [0.15, 0.2) is 5.96 Å². The van der Waals surface area contributed by atoms with Crippen molar-refractivity contribution in [3.05, 3.63) is 35.9 Å². The molecule has 0 saturated carbocycles. The number of amides is 1. The lowest BCUT2D eigenvalue weighted by Gasteiger charge is -2.37. The third-order valence-electron chi connectivity index (χ3n) is 5.63. The molecule has 0 radical (unpaired) electrons. The minimum absolute atomic E-state index is 0. The maximum Gasteiger partial charge on any atom is 0.251 e. The summed E-state index contributed by atoms with van der Waals surface area (Å²) in [7, 11) is 0. The summed E-state index contributed by atoms with van der Waals surface area (Å²) >= 11 is 0. The number of halogens is 1. The summed E-state index contributed by atoms with van der Waals surface area (Å²) in [5, 5.41) is 3.38. The normalized spacial score (nSPS) is 20.3. The number of rotatable bonds is 8. The van der Waals surface area contributed by atoms with E-state index < -0.39 is 0 Å². The summed E-state index contributed by atoms with van der Waals surface area (Å²) in [4.78, 5) is 21.5. The topological polar surface area (TPSA) is 66.4 Å². The Labute approximate surface area is 203 Å². The number of nitrogens with zero attached hydrogens (tertiary/aromatic N) is 3. The number of nitrogens with one attached hydrogen (secondary N) is 1. The summed E-state index contributed by atoms with van der Waals surface area (Å²) in [6.07, 6.45) is 2.59. The van der Waals surface area contributed by atoms with E-state index in [2.05, 4.69) is 36.2 Å². The number of ether oxygens (including phenoxy) is 2. The maximum absolute atomic E-state index is 12.5. The van der Waals surface area contributed by atoms with Crippen molar-refractivity contribution in [3.8, 4) is 0 Å². The van der Waals surface area contributed by atoms with Gasteiger partial charge in [0.05, 0.1) is 6.10 Å². The molecule has 7 nitrogen and oxygen atoms in total. The van der Waals surface area contributed by atoms with Crippen molar-refractivity contribution in [2.75, 3.05) is 52.5 Å². The first-order valence-corrected chi connectivity index (χ1v) is 11.3. The SMILES string of the molecule is CCNC(=NCCCOC(C)c1ccccc1)N1CCN(C(=O)C2CCCO2)CC1.I. The molecule has 2 heterocycles. The van der Waals surface area contributed by atoms with Crippen LogP contribution in [0, 0.1) is 0 Å². The molecular weight excluding hydrogens is 507 g/mol. The number of aliphatic imine (C=N–C) groups is 1. The van der Waals surface area contributed by atoms with Crippen LogP contribution < -0.4 is 5.32 Å². The molecule has 3 rings (SSSR count). The molecular formula is C23H37IN4O3. The average Bonchev–Trinajstić information content (AvgIpc) is 3.33. The molecule has 31 heavy (non-hydrogen) atoms. The summed E-state index contributed by atoms with van der Waals surface area (Å²) in [5.41, 5.74) is 1.20. The zero-order valence-corrected chi connectivity index (χ0v) is 21.1. The maximum atomic E-state index is 12.5. The first-order valence-electron chi connectivity index (χ1n) is 11.3. The van der Waals surface area contributed by atoms with Crippen molar-refractivity contribution in [2.24, 2.45) is 4.99 Å². The fourth-order valence-electron chi connectivity index (χ4n) is 3.87. The minimum atomic E-state index is -0.225. The molecule has 174 valence electrons. The van der Waals surface area contributed by atoms with Gasteiger partial charge in [0.2, 0.25) is 0 Å². The predicted octanol–water partition coefficient (Wildman–Crippen LogP) is 3.06. The van der Waals surface area contributed by atoms with Crippen LogP contribution in [0.3, 0.4) is 0 Å². The second kappa shape index (κ2) is 13.9. The van der Waals surface area contributed by atoms with E-state index in [1.165, 1.54) is 5.56 Å². The number of carbonyl (C=O) groups excluding carboxylic acids is 1. The van der Waals surface area contributed by atoms with Crippen molar-refractivity contribution in [1.29, 1.82) is 0 Å². The van der Waals surface area contributed by atoms with Crippen LogP contribution in [0.5, 0.6) is 0 Å². The van der Waals surface area contributed by atoms with Gasteiger partial charge in [-0.05, 0) is 38.7 Å². The van der Waals surface area contributed by atoms with Gasteiger partial charge >= 0.3 is 0 Å². The Bertz CT molecular complexity index is 675. The number of hydrogen-bond donors (Lipinski definition) is 1. The van der Waals surface area contributed by atoms with Crippen LogP contribution in [-0.4, -0.2) is 80.3 Å². The van der Waals surface area contributed by atoms with Gasteiger partial charge in [0, 0.05) is 52.5 Å². The van der Waals surface area contributed by atoms with Gasteiger partial charge < -0.3 is 24.6 Å². The molecule has 1 amide bonds. The molecule has 0 aliphatic carbocycles. The van der Waals surface area contributed by atoms with Crippen molar-refractivity contribution in [3.63, 3.8) is 0 Å². The minimum Gasteiger partial charge on any atom is -0.374 e. The van der Waals surface area contributed by atoms with Crippen molar-refractivity contribution < 1.29 is 14.3 Å². The molecule has 2 fully saturated rings. The second-order valence-electron chi connectivity index (χ2n) is 7.83. The molecule has 2 unspecified atom stereocenters. The molecule has 1 aromatic carbocycles. The van der Waals surface area contributed by atoms with Gasteiger partial charge in [0.1, 0.15) is 6.10 Å². The van der Waals surface area contributed by atoms with Crippen LogP contribution in [0.4, 0.5) is 0 Å². The zero-order chi connectivity index (χ0) is 21.2. The molecule has 0 aromatic heterocycles. The van der Waals surface area contributed by atoms with Crippen LogP contribution >= 0.6 is 24.0 Å². The molecule has 2 aliphatic rings. The fourth-order valence-corrected chi connectivity index (χ4v) is 3.87. The van der Waals surface area contributed by atoms with E-state index in [-0.39, 0.29) is 42.1 Å². The highest BCUT2D eigenvalue weighted by Crippen LogP contribution is 2.17. The van der Waals surface area contributed by atoms with E-state index in [1.807, 2.05) is 23.1 Å². The standard InChI is InChI=1S/C23H36N4O3.HI/c1-3-24-23(25-12-8-18-29-19(2)20-9-5-4-6-10-20)27-15-13-26(14-16-27)22(28)21-11-7-17-30-21;/h4-6,9-10,19,21H,3,7-8,11-18H2,1-2H3,(H,24,25);1H. The van der Waals surface area contributed by atoms with E-state index in [4.69, 9.17) is 14.5 Å². The molecule has 1 aromatic rings. The zero-order valence-electron chi connectivity index (χ0n) is 18.8. The Morgan fingerprint density at radius 1 is 1.23 bits per heavy atom. The summed E-state index contributed by atoms with van der Waals surface area (Å²) in [6, 6.07) is 10.3. The first-order chi connectivity index (χ1) is 14.7. The van der Waals surface area contributed by atoms with Gasteiger partial charge in [0.25, 0.3) is 5.91 Å². The molecule has 2 aliphatic heterocycles. The van der Waals surface area contributed by atoms with Gasteiger partial charge in [-0.2, -0.15) is 0 Å². The van der Waals surface area contributed by atoms with E-state index >= 15 is 0 Å². The number of guanidine groups is 1. The van der Waals surface area contributed by atoms with E-state index in [0.717, 1.165) is 64.5 Å². The van der Waals surface area contributed by atoms with Crippen LogP contribution in [0.15, 0.2) is 35.3 Å². The third kappa shape index (κ3) is 7.91. The van der Waals surface area contributed by atoms with Gasteiger partial charge in [-0.25, -0.2) is 0 Å². The summed E-state index contributed by atoms with van der Waals surface area (Å²) in [6.45, 7) is 10.1. The first kappa shape index (κ1) is 25.9. The molecule has 2 saturated heterocycles. The van der Waals surface area contributed by atoms with Gasteiger partial charge in [-0.1, -0.05) is 30.3 Å². The lowest BCUT2D eigenvalue weighted by atomic mass is 10.1. The molecule has 8 heteroatoms. The molecule has 0 spiro atoms. The quantitative estimate of drug-likeness (QED) is 0.236. The number of piperazine rings is 1. The van der Waals surface area contributed by atoms with Crippen LogP contribution in [0.2, 0.25) is 0 Å². The highest BCUT2D eigenvalue weighted by Gasteiger charge is 2.30. The van der Waals surface area contributed by atoms with Crippen LogP contribution in [0.1, 0.15) is 44.8 Å². The van der Waals surface area contributed by atoms with E-state index in [9.17, 15) is 4.79 Å². The lowest BCUT2D eigenvalue weighted by Crippen LogP contribution is -2.55. The molecule has 0 bridgehead atoms. The van der Waals surface area contributed by atoms with Crippen molar-refractivity contribution >= 4 is 35.8 Å². The van der Waals surface area contributed by atoms with Crippen LogP contribution in [0.25, 0.3) is 0 Å². The Morgan fingerprint density at radius 2 is 1.94 bits per heavy atom. The Balaban J connectivity index is 0.00000341. The largest absolute Gasteiger partial charge is 0.374 e.